The van der Waals surface area contributed by atoms with E-state index in [1.165, 1.54) is 4.85 Å². The van der Waals surface area contributed by atoms with Crippen LogP contribution in [-0.4, -0.2) is 22.0 Å². The van der Waals surface area contributed by atoms with Crippen molar-refractivity contribution in [1.29, 1.82) is 0 Å². The monoisotopic (exact) mass is 199 g/mol. The minimum Gasteiger partial charge on any atom is -0.398 e. The van der Waals surface area contributed by atoms with Gasteiger partial charge in [-0.25, -0.2) is 4.98 Å². The quantitative estimate of drug-likeness (QED) is 0.598. The van der Waals surface area contributed by atoms with Gasteiger partial charge >= 0.3 is 0 Å². The predicted octanol–water partition coefficient (Wildman–Crippen LogP) is 1.64. The molecule has 4 nitrogen and oxygen atoms in total. The van der Waals surface area contributed by atoms with E-state index in [-0.39, 0.29) is 0 Å². The van der Waals surface area contributed by atoms with Crippen LogP contribution in [0.3, 0.4) is 0 Å². The van der Waals surface area contributed by atoms with E-state index in [1.54, 1.807) is 13.3 Å². The van der Waals surface area contributed by atoms with Crippen LogP contribution < -0.4 is 4.84 Å². The van der Waals surface area contributed by atoms with Crippen LogP contribution in [0.1, 0.15) is 0 Å². The second-order valence-electron chi connectivity index (χ2n) is 3.28. The third kappa shape index (κ3) is 1.08. The molecule has 15 heavy (non-hydrogen) atoms. The Labute approximate surface area is 86.1 Å². The lowest BCUT2D eigenvalue weighted by Crippen LogP contribution is -2.07. The Bertz CT molecular complexity index is 630. The molecule has 74 valence electrons. The Kier molecular flexibility index (Phi) is 1.62. The zero-order chi connectivity index (χ0) is 10.3. The molecule has 2 aromatic heterocycles. The van der Waals surface area contributed by atoms with E-state index in [9.17, 15) is 0 Å². The van der Waals surface area contributed by atoms with Gasteiger partial charge in [0.25, 0.3) is 0 Å². The fourth-order valence-electron chi connectivity index (χ4n) is 1.75. The second kappa shape index (κ2) is 2.95. The summed E-state index contributed by atoms with van der Waals surface area (Å²) in [6.45, 7) is 0. The van der Waals surface area contributed by atoms with E-state index in [2.05, 4.69) is 16.1 Å². The van der Waals surface area contributed by atoms with Crippen molar-refractivity contribution >= 4 is 21.8 Å². The van der Waals surface area contributed by atoms with Crippen LogP contribution in [0, 0.1) is 0 Å². The van der Waals surface area contributed by atoms with Gasteiger partial charge < -0.3 is 4.84 Å². The molecule has 0 saturated heterocycles. The van der Waals surface area contributed by atoms with Crippen molar-refractivity contribution in [2.45, 2.75) is 0 Å². The van der Waals surface area contributed by atoms with Gasteiger partial charge in [0.15, 0.2) is 5.65 Å². The van der Waals surface area contributed by atoms with E-state index in [0.717, 1.165) is 21.8 Å². The topological polar surface area (TPSA) is 39.9 Å². The van der Waals surface area contributed by atoms with Crippen molar-refractivity contribution in [2.24, 2.45) is 0 Å². The lowest BCUT2D eigenvalue weighted by atomic mass is 10.1. The number of rotatable bonds is 1. The lowest BCUT2D eigenvalue weighted by Gasteiger charge is -2.00. The highest BCUT2D eigenvalue weighted by molar-refractivity contribution is 6.03. The molecule has 0 atom stereocenters. The highest BCUT2D eigenvalue weighted by Gasteiger charge is 2.06. The average molecular weight is 199 g/mol. The molecule has 0 aliphatic rings. The number of hydrogen-bond acceptors (Lipinski definition) is 3. The van der Waals surface area contributed by atoms with Gasteiger partial charge in [-0.05, 0) is 5.39 Å². The highest BCUT2D eigenvalue weighted by atomic mass is 16.7. The number of benzene rings is 1. The standard InChI is InChI=1S/C11H9N3O/c1-15-14-11-10(7-13-14)9-5-3-2-4-8(9)6-12-11/h2-7H,1H3. The molecule has 3 aromatic rings. The Morgan fingerprint density at radius 3 is 2.87 bits per heavy atom. The normalized spacial score (nSPS) is 11.0. The van der Waals surface area contributed by atoms with Crippen molar-refractivity contribution in [1.82, 2.24) is 14.9 Å². The molecule has 0 aliphatic carbocycles. The Balaban J connectivity index is 2.50. The van der Waals surface area contributed by atoms with Crippen molar-refractivity contribution in [3.05, 3.63) is 36.7 Å². The highest BCUT2D eigenvalue weighted by Crippen LogP contribution is 2.22. The maximum Gasteiger partial charge on any atom is 0.199 e. The minimum absolute atomic E-state index is 0.746. The zero-order valence-corrected chi connectivity index (χ0v) is 8.21. The first-order chi connectivity index (χ1) is 7.40. The van der Waals surface area contributed by atoms with Gasteiger partial charge in [-0.3, -0.25) is 0 Å². The van der Waals surface area contributed by atoms with Gasteiger partial charge in [-0.2, -0.15) is 0 Å². The summed E-state index contributed by atoms with van der Waals surface area (Å²) < 4.78 is 0. The average Bonchev–Trinajstić information content (AvgIpc) is 2.72. The van der Waals surface area contributed by atoms with Gasteiger partial charge in [-0.1, -0.05) is 29.1 Å². The molecule has 0 unspecified atom stereocenters. The minimum atomic E-state index is 0.746. The molecule has 0 N–H and O–H groups in total. The van der Waals surface area contributed by atoms with Crippen molar-refractivity contribution < 1.29 is 4.84 Å². The van der Waals surface area contributed by atoms with Crippen LogP contribution in [0.2, 0.25) is 0 Å². The number of fused-ring (bicyclic) bond motifs is 3. The number of aromatic nitrogens is 3. The van der Waals surface area contributed by atoms with Crippen LogP contribution in [0.4, 0.5) is 0 Å². The first-order valence-electron chi connectivity index (χ1n) is 4.66. The fraction of sp³-hybridized carbons (Fsp3) is 0.0909. The maximum atomic E-state index is 5.06. The fourth-order valence-corrected chi connectivity index (χ4v) is 1.75. The molecule has 0 radical (unpaired) electrons. The van der Waals surface area contributed by atoms with Crippen LogP contribution in [0.25, 0.3) is 21.8 Å². The molecule has 0 fully saturated rings. The molecule has 1 aromatic carbocycles. The first kappa shape index (κ1) is 8.23. The van der Waals surface area contributed by atoms with E-state index >= 15 is 0 Å². The summed E-state index contributed by atoms with van der Waals surface area (Å²) >= 11 is 0. The number of nitrogens with zero attached hydrogens (tertiary/aromatic N) is 3. The van der Waals surface area contributed by atoms with Crippen LogP contribution in [0.5, 0.6) is 0 Å². The van der Waals surface area contributed by atoms with Gasteiger partial charge in [0.05, 0.1) is 11.6 Å². The molecule has 0 spiro atoms. The molecule has 0 saturated carbocycles. The van der Waals surface area contributed by atoms with Crippen LogP contribution in [-0.2, 0) is 0 Å². The van der Waals surface area contributed by atoms with Gasteiger partial charge in [0.1, 0.15) is 7.11 Å². The lowest BCUT2D eigenvalue weighted by molar-refractivity contribution is 0.143. The van der Waals surface area contributed by atoms with Gasteiger partial charge in [0.2, 0.25) is 0 Å². The summed E-state index contributed by atoms with van der Waals surface area (Å²) in [4.78, 5) is 10.8. The SMILES string of the molecule is COn1ncc2c3ccccc3cnc21. The Morgan fingerprint density at radius 2 is 2.00 bits per heavy atom. The molecule has 3 rings (SSSR count). The van der Waals surface area contributed by atoms with E-state index < -0.39 is 0 Å². The Hall–Kier alpha value is -2.10. The number of hydrogen-bond donors (Lipinski definition) is 0. The summed E-state index contributed by atoms with van der Waals surface area (Å²) in [6, 6.07) is 8.09. The Morgan fingerprint density at radius 1 is 1.13 bits per heavy atom. The third-order valence-electron chi connectivity index (χ3n) is 2.46. The first-order valence-corrected chi connectivity index (χ1v) is 4.66. The molecule has 0 amide bonds. The van der Waals surface area contributed by atoms with Crippen LogP contribution in [0.15, 0.2) is 36.7 Å². The van der Waals surface area contributed by atoms with E-state index in [4.69, 9.17) is 4.84 Å². The van der Waals surface area contributed by atoms with Crippen molar-refractivity contribution in [3.8, 4) is 0 Å². The van der Waals surface area contributed by atoms with Gasteiger partial charge in [0, 0.05) is 11.6 Å². The molecule has 0 bridgehead atoms. The molecule has 2 heterocycles. The third-order valence-corrected chi connectivity index (χ3v) is 2.46. The smallest absolute Gasteiger partial charge is 0.199 e. The summed E-state index contributed by atoms with van der Waals surface area (Å²) in [5.41, 5.74) is 0.746. The van der Waals surface area contributed by atoms with Crippen molar-refractivity contribution in [3.63, 3.8) is 0 Å². The van der Waals surface area contributed by atoms with Crippen molar-refractivity contribution in [2.75, 3.05) is 7.11 Å². The summed E-state index contributed by atoms with van der Waals surface area (Å²) in [7, 11) is 1.57. The largest absolute Gasteiger partial charge is 0.398 e. The molecular weight excluding hydrogens is 190 g/mol. The second-order valence-corrected chi connectivity index (χ2v) is 3.28. The molecular formula is C11H9N3O. The van der Waals surface area contributed by atoms with Crippen LogP contribution >= 0.6 is 0 Å². The molecule has 0 aliphatic heterocycles. The zero-order valence-electron chi connectivity index (χ0n) is 8.21. The maximum absolute atomic E-state index is 5.06. The predicted molar refractivity (Wildman–Crippen MR) is 57.5 cm³/mol. The number of pyridine rings is 1. The molecule has 4 heteroatoms. The summed E-state index contributed by atoms with van der Waals surface area (Å²) in [6.07, 6.45) is 3.60. The summed E-state index contributed by atoms with van der Waals surface area (Å²) in [5, 5.41) is 7.36. The summed E-state index contributed by atoms with van der Waals surface area (Å²) in [5.74, 6) is 0. The van der Waals surface area contributed by atoms with E-state index in [0.29, 0.717) is 0 Å². The van der Waals surface area contributed by atoms with Gasteiger partial charge in [-0.15, -0.1) is 5.10 Å². The van der Waals surface area contributed by atoms with E-state index in [1.807, 2.05) is 24.4 Å².